The van der Waals surface area contributed by atoms with Gasteiger partial charge in [0.15, 0.2) is 0 Å². The maximum absolute atomic E-state index is 13.6. The van der Waals surface area contributed by atoms with Crippen LogP contribution in [0.15, 0.2) is 82.6 Å². The molecule has 3 aromatic rings. The number of amides is 2. The number of hydrogen-bond acceptors (Lipinski definition) is 3. The van der Waals surface area contributed by atoms with Gasteiger partial charge in [-0.3, -0.25) is 9.59 Å². The molecule has 0 aromatic heterocycles. The smallest absolute Gasteiger partial charge is 0.268 e. The topological polar surface area (TPSA) is 37.4 Å². The average molecular weight is 442 g/mol. The Kier molecular flexibility index (Phi) is 6.61. The predicted octanol–water partition coefficient (Wildman–Crippen LogP) is 6.72. The van der Waals surface area contributed by atoms with Gasteiger partial charge in [0, 0.05) is 4.90 Å². The molecule has 32 heavy (non-hydrogen) atoms. The highest BCUT2D eigenvalue weighted by Crippen LogP contribution is 2.42. The lowest BCUT2D eigenvalue weighted by atomic mass is 9.98. The average Bonchev–Trinajstić information content (AvgIpc) is 3.03. The molecule has 1 aliphatic rings. The number of carbonyl (C=O) groups is 2. The van der Waals surface area contributed by atoms with Crippen LogP contribution in [0.1, 0.15) is 42.0 Å². The first kappa shape index (κ1) is 22.1. The lowest BCUT2D eigenvalue weighted by Crippen LogP contribution is -2.31. The minimum atomic E-state index is -0.264. The lowest BCUT2D eigenvalue weighted by Gasteiger charge is -2.16. The van der Waals surface area contributed by atoms with Crippen LogP contribution in [0.3, 0.4) is 0 Å². The number of nitrogens with zero attached hydrogens (tertiary/aromatic N) is 1. The highest BCUT2D eigenvalue weighted by Gasteiger charge is 2.40. The first-order valence-electron chi connectivity index (χ1n) is 11.0. The molecule has 1 aliphatic heterocycles. The summed E-state index contributed by atoms with van der Waals surface area (Å²) in [5.41, 5.74) is 5.25. The van der Waals surface area contributed by atoms with Crippen molar-refractivity contribution in [1.82, 2.24) is 0 Å². The Labute approximate surface area is 194 Å². The van der Waals surface area contributed by atoms with Crippen molar-refractivity contribution in [3.8, 4) is 0 Å². The molecule has 0 N–H and O–H groups in total. The van der Waals surface area contributed by atoms with Gasteiger partial charge in [-0.2, -0.15) is 0 Å². The SMILES string of the molecule is CCCCc1ccc(N2C(=O)C(Sc3ccccc3)=C(c3ccc(C)cc3C)C2=O)cc1. The zero-order chi connectivity index (χ0) is 22.7. The Morgan fingerprint density at radius 3 is 2.22 bits per heavy atom. The number of thioether (sulfide) groups is 1. The molecule has 2 amide bonds. The maximum atomic E-state index is 13.6. The van der Waals surface area contributed by atoms with E-state index in [1.165, 1.54) is 22.2 Å². The summed E-state index contributed by atoms with van der Waals surface area (Å²) in [5.74, 6) is -0.526. The van der Waals surface area contributed by atoms with Crippen molar-refractivity contribution in [2.45, 2.75) is 44.9 Å². The Morgan fingerprint density at radius 2 is 1.56 bits per heavy atom. The first-order chi connectivity index (χ1) is 15.5. The van der Waals surface area contributed by atoms with Crippen molar-refractivity contribution in [2.75, 3.05) is 4.90 Å². The van der Waals surface area contributed by atoms with Crippen molar-refractivity contribution in [3.05, 3.63) is 100.0 Å². The zero-order valence-electron chi connectivity index (χ0n) is 18.7. The number of imide groups is 1. The fourth-order valence-corrected chi connectivity index (χ4v) is 4.98. The van der Waals surface area contributed by atoms with Gasteiger partial charge in [0.05, 0.1) is 16.2 Å². The van der Waals surface area contributed by atoms with Gasteiger partial charge in [0.25, 0.3) is 11.8 Å². The largest absolute Gasteiger partial charge is 0.272 e. The summed E-state index contributed by atoms with van der Waals surface area (Å²) >= 11 is 1.36. The zero-order valence-corrected chi connectivity index (χ0v) is 19.5. The van der Waals surface area contributed by atoms with Crippen LogP contribution < -0.4 is 4.90 Å². The van der Waals surface area contributed by atoms with Gasteiger partial charge in [-0.25, -0.2) is 4.90 Å². The van der Waals surface area contributed by atoms with E-state index in [9.17, 15) is 9.59 Å². The van der Waals surface area contributed by atoms with Gasteiger partial charge in [0.2, 0.25) is 0 Å². The summed E-state index contributed by atoms with van der Waals surface area (Å²) in [6.07, 6.45) is 3.26. The molecule has 0 fully saturated rings. The van der Waals surface area contributed by atoms with Gasteiger partial charge < -0.3 is 0 Å². The Morgan fingerprint density at radius 1 is 0.844 bits per heavy atom. The van der Waals surface area contributed by atoms with Crippen molar-refractivity contribution >= 4 is 34.8 Å². The molecule has 0 radical (unpaired) electrons. The van der Waals surface area contributed by atoms with Gasteiger partial charge in [-0.1, -0.05) is 79.2 Å². The van der Waals surface area contributed by atoms with E-state index in [1.54, 1.807) is 0 Å². The van der Waals surface area contributed by atoms with E-state index < -0.39 is 0 Å². The molecular formula is C28H27NO2S. The molecule has 3 nitrogen and oxygen atoms in total. The second-order valence-corrected chi connectivity index (χ2v) is 9.24. The van der Waals surface area contributed by atoms with E-state index >= 15 is 0 Å². The molecule has 0 spiro atoms. The molecule has 3 aromatic carbocycles. The first-order valence-corrected chi connectivity index (χ1v) is 11.8. The molecule has 4 rings (SSSR count). The van der Waals surface area contributed by atoms with Crippen LogP contribution in [0.5, 0.6) is 0 Å². The fourth-order valence-electron chi connectivity index (χ4n) is 3.97. The van der Waals surface area contributed by atoms with Crippen molar-refractivity contribution in [1.29, 1.82) is 0 Å². The third-order valence-corrected chi connectivity index (χ3v) is 6.76. The number of carbonyl (C=O) groups excluding carboxylic acids is 2. The van der Waals surface area contributed by atoms with E-state index in [0.717, 1.165) is 40.8 Å². The number of aryl methyl sites for hydroxylation is 3. The standard InChI is InChI=1S/C28H27NO2S/c1-4-5-9-21-13-15-22(16-14-21)29-27(30)25(24-17-12-19(2)18-20(24)3)26(28(29)31)32-23-10-7-6-8-11-23/h6-8,10-18H,4-5,9H2,1-3H3. The van der Waals surface area contributed by atoms with Gasteiger partial charge in [-0.15, -0.1) is 0 Å². The van der Waals surface area contributed by atoms with E-state index in [1.807, 2.05) is 80.6 Å². The van der Waals surface area contributed by atoms with Crippen LogP contribution in [0.2, 0.25) is 0 Å². The van der Waals surface area contributed by atoms with Crippen molar-refractivity contribution < 1.29 is 9.59 Å². The Hall–Kier alpha value is -3.11. The van der Waals surface area contributed by atoms with Crippen LogP contribution in [0.25, 0.3) is 5.57 Å². The number of benzene rings is 3. The van der Waals surface area contributed by atoms with Crippen LogP contribution in [-0.4, -0.2) is 11.8 Å². The fraction of sp³-hybridized carbons (Fsp3) is 0.214. The van der Waals surface area contributed by atoms with Crippen molar-refractivity contribution in [3.63, 3.8) is 0 Å². The minimum absolute atomic E-state index is 0.262. The quantitative estimate of drug-likeness (QED) is 0.382. The molecule has 0 saturated carbocycles. The molecule has 0 saturated heterocycles. The highest BCUT2D eigenvalue weighted by molar-refractivity contribution is 8.04. The normalized spacial score (nSPS) is 13.9. The Bertz CT molecular complexity index is 1180. The third kappa shape index (κ3) is 4.42. The number of unbranched alkanes of at least 4 members (excludes halogenated alkanes) is 1. The van der Waals surface area contributed by atoms with Crippen LogP contribution in [0, 0.1) is 13.8 Å². The van der Waals surface area contributed by atoms with Crippen LogP contribution in [0.4, 0.5) is 5.69 Å². The lowest BCUT2D eigenvalue weighted by molar-refractivity contribution is -0.119. The molecule has 0 bridgehead atoms. The second-order valence-electron chi connectivity index (χ2n) is 8.15. The highest BCUT2D eigenvalue weighted by atomic mass is 32.2. The second kappa shape index (κ2) is 9.58. The summed E-state index contributed by atoms with van der Waals surface area (Å²) < 4.78 is 0. The van der Waals surface area contributed by atoms with Gasteiger partial charge in [0.1, 0.15) is 0 Å². The van der Waals surface area contributed by atoms with Crippen LogP contribution >= 0.6 is 11.8 Å². The Balaban J connectivity index is 1.76. The predicted molar refractivity (Wildman–Crippen MR) is 133 cm³/mol. The van der Waals surface area contributed by atoms with E-state index in [-0.39, 0.29) is 11.8 Å². The molecule has 4 heteroatoms. The van der Waals surface area contributed by atoms with Gasteiger partial charge >= 0.3 is 0 Å². The molecular weight excluding hydrogens is 414 g/mol. The molecule has 0 atom stereocenters. The molecule has 1 heterocycles. The van der Waals surface area contributed by atoms with Crippen molar-refractivity contribution in [2.24, 2.45) is 0 Å². The van der Waals surface area contributed by atoms with E-state index in [0.29, 0.717) is 16.2 Å². The van der Waals surface area contributed by atoms with Crippen LogP contribution in [-0.2, 0) is 16.0 Å². The third-order valence-electron chi connectivity index (χ3n) is 5.67. The maximum Gasteiger partial charge on any atom is 0.272 e. The summed E-state index contributed by atoms with van der Waals surface area (Å²) in [6, 6.07) is 23.5. The summed E-state index contributed by atoms with van der Waals surface area (Å²) in [5, 5.41) is 0. The molecule has 0 aliphatic carbocycles. The number of anilines is 1. The van der Waals surface area contributed by atoms with E-state index in [2.05, 4.69) is 13.0 Å². The summed E-state index contributed by atoms with van der Waals surface area (Å²) in [7, 11) is 0. The summed E-state index contributed by atoms with van der Waals surface area (Å²) in [6.45, 7) is 6.18. The summed E-state index contributed by atoms with van der Waals surface area (Å²) in [4.78, 5) is 29.9. The number of hydrogen-bond donors (Lipinski definition) is 0. The monoisotopic (exact) mass is 441 g/mol. The van der Waals surface area contributed by atoms with Gasteiger partial charge in [-0.05, 0) is 67.6 Å². The molecule has 0 unspecified atom stereocenters. The molecule has 162 valence electrons. The number of rotatable bonds is 7. The van der Waals surface area contributed by atoms with E-state index in [4.69, 9.17) is 0 Å². The minimum Gasteiger partial charge on any atom is -0.268 e.